The number of pyridine rings is 1. The maximum atomic E-state index is 14.5. The van der Waals surface area contributed by atoms with Crippen LogP contribution in [0.4, 0.5) is 4.39 Å². The molecule has 0 aliphatic rings. The number of nitrogens with one attached hydrogen (secondary N) is 2. The van der Waals surface area contributed by atoms with Gasteiger partial charge in [-0.25, -0.2) is 9.37 Å². The lowest BCUT2D eigenvalue weighted by atomic mass is 9.78. The Labute approximate surface area is 270 Å². The van der Waals surface area contributed by atoms with Crippen molar-refractivity contribution in [1.82, 2.24) is 20.6 Å². The number of ketones is 1. The average molecular weight is 630 g/mol. The SMILES string of the molecule is NC(NC(=O)C(Cc1ccccc1)NC(=O)c1cccnc1)(C(=O)c1ccc(F)cc1)C(Cc1ccccc1)c1ccccnc1=O. The molecule has 47 heavy (non-hydrogen) atoms. The lowest BCUT2D eigenvalue weighted by Gasteiger charge is -2.38. The molecule has 4 N–H and O–H groups in total. The quantitative estimate of drug-likeness (QED) is 0.140. The van der Waals surface area contributed by atoms with Crippen LogP contribution in [-0.2, 0) is 17.6 Å². The maximum Gasteiger partial charge on any atom is 0.273 e. The molecule has 0 spiro atoms. The normalized spacial score (nSPS) is 13.4. The van der Waals surface area contributed by atoms with Gasteiger partial charge in [0.2, 0.25) is 11.7 Å². The van der Waals surface area contributed by atoms with E-state index in [1.807, 2.05) is 24.3 Å². The van der Waals surface area contributed by atoms with Crippen molar-refractivity contribution in [2.75, 3.05) is 0 Å². The van der Waals surface area contributed by atoms with Crippen molar-refractivity contribution in [3.8, 4) is 0 Å². The van der Waals surface area contributed by atoms with E-state index in [1.165, 1.54) is 36.8 Å². The number of hydrogen-bond donors (Lipinski definition) is 3. The van der Waals surface area contributed by atoms with Crippen LogP contribution in [0.3, 0.4) is 0 Å². The Kier molecular flexibility index (Phi) is 10.3. The van der Waals surface area contributed by atoms with Gasteiger partial charge in [0.1, 0.15) is 11.9 Å². The number of halogens is 1. The Morgan fingerprint density at radius 2 is 1.38 bits per heavy atom. The summed E-state index contributed by atoms with van der Waals surface area (Å²) < 4.78 is 13.9. The minimum atomic E-state index is -2.27. The van der Waals surface area contributed by atoms with E-state index in [0.29, 0.717) is 0 Å². The number of carbonyl (C=O) groups excluding carboxylic acids is 3. The van der Waals surface area contributed by atoms with Crippen LogP contribution in [0.5, 0.6) is 0 Å². The molecule has 0 bridgehead atoms. The monoisotopic (exact) mass is 629 g/mol. The molecular weight excluding hydrogens is 597 g/mol. The fraction of sp³-hybridized carbons (Fsp3) is 0.135. The number of rotatable bonds is 12. The highest BCUT2D eigenvalue weighted by atomic mass is 19.1. The molecule has 0 radical (unpaired) electrons. The zero-order valence-electron chi connectivity index (χ0n) is 25.3. The third-order valence-electron chi connectivity index (χ3n) is 7.76. The van der Waals surface area contributed by atoms with E-state index in [2.05, 4.69) is 20.6 Å². The zero-order chi connectivity index (χ0) is 33.2. The van der Waals surface area contributed by atoms with E-state index in [-0.39, 0.29) is 29.5 Å². The second kappa shape index (κ2) is 14.9. The van der Waals surface area contributed by atoms with Gasteiger partial charge in [-0.3, -0.25) is 24.2 Å². The van der Waals surface area contributed by atoms with Crippen LogP contribution in [0.1, 0.15) is 43.3 Å². The summed E-state index contributed by atoms with van der Waals surface area (Å²) in [5, 5.41) is 5.49. The van der Waals surface area contributed by atoms with Crippen molar-refractivity contribution in [2.45, 2.75) is 30.5 Å². The molecule has 2 amide bonds. The number of amides is 2. The highest BCUT2D eigenvalue weighted by molar-refractivity contribution is 6.06. The maximum absolute atomic E-state index is 14.5. The number of nitrogens with zero attached hydrogens (tertiary/aromatic N) is 2. The van der Waals surface area contributed by atoms with E-state index in [9.17, 15) is 23.6 Å². The smallest absolute Gasteiger partial charge is 0.273 e. The first-order chi connectivity index (χ1) is 22.7. The predicted molar refractivity (Wildman–Crippen MR) is 175 cm³/mol. The number of carbonyl (C=O) groups is 3. The van der Waals surface area contributed by atoms with E-state index >= 15 is 0 Å². The molecule has 3 unspecified atom stereocenters. The Morgan fingerprint density at radius 3 is 2.02 bits per heavy atom. The van der Waals surface area contributed by atoms with Crippen LogP contribution in [0, 0.1) is 5.82 Å². The van der Waals surface area contributed by atoms with E-state index in [0.717, 1.165) is 23.3 Å². The van der Waals surface area contributed by atoms with Gasteiger partial charge in [-0.15, -0.1) is 0 Å². The van der Waals surface area contributed by atoms with Crippen LogP contribution in [-0.4, -0.2) is 39.3 Å². The number of benzene rings is 3. The summed E-state index contributed by atoms with van der Waals surface area (Å²) in [5.74, 6) is -3.83. The summed E-state index contributed by atoms with van der Waals surface area (Å²) in [6.45, 7) is 0. The third kappa shape index (κ3) is 8.05. The number of Topliss-reactive ketones (excluding diaryl/α,β-unsaturated/α-hetero) is 1. The fourth-order valence-electron chi connectivity index (χ4n) is 5.33. The number of aromatic nitrogens is 2. The Morgan fingerprint density at radius 1 is 0.745 bits per heavy atom. The van der Waals surface area contributed by atoms with Crippen molar-refractivity contribution in [3.05, 3.63) is 178 Å². The molecule has 5 aromatic rings. The molecule has 0 saturated carbocycles. The summed E-state index contributed by atoms with van der Waals surface area (Å²) in [6, 6.07) is 29.4. The Balaban J connectivity index is 1.62. The lowest BCUT2D eigenvalue weighted by Crippen LogP contribution is -2.68. The van der Waals surface area contributed by atoms with Gasteiger partial charge in [-0.1, -0.05) is 72.8 Å². The van der Waals surface area contributed by atoms with Gasteiger partial charge in [0, 0.05) is 42.1 Å². The highest BCUT2D eigenvalue weighted by Gasteiger charge is 2.46. The molecule has 0 aliphatic carbocycles. The molecule has 2 aromatic heterocycles. The van der Waals surface area contributed by atoms with Crippen LogP contribution < -0.4 is 21.9 Å². The summed E-state index contributed by atoms with van der Waals surface area (Å²) in [7, 11) is 0. The molecule has 236 valence electrons. The summed E-state index contributed by atoms with van der Waals surface area (Å²) in [5.41, 5.74) is 5.91. The first-order valence-electron chi connectivity index (χ1n) is 14.9. The summed E-state index contributed by atoms with van der Waals surface area (Å²) >= 11 is 0. The first kappa shape index (κ1) is 32.5. The predicted octanol–water partition coefficient (Wildman–Crippen LogP) is 4.00. The second-order valence-corrected chi connectivity index (χ2v) is 11.0. The van der Waals surface area contributed by atoms with Gasteiger partial charge in [0.05, 0.1) is 5.56 Å². The van der Waals surface area contributed by atoms with Crippen molar-refractivity contribution < 1.29 is 18.8 Å². The van der Waals surface area contributed by atoms with E-state index in [4.69, 9.17) is 5.73 Å². The van der Waals surface area contributed by atoms with Gasteiger partial charge in [-0.05, 0) is 60.0 Å². The van der Waals surface area contributed by atoms with Crippen LogP contribution in [0.2, 0.25) is 0 Å². The Hall–Kier alpha value is -5.87. The zero-order valence-corrected chi connectivity index (χ0v) is 25.3. The first-order valence-corrected chi connectivity index (χ1v) is 14.9. The molecule has 2 heterocycles. The minimum Gasteiger partial charge on any atom is -0.340 e. The molecule has 10 heteroatoms. The van der Waals surface area contributed by atoms with Gasteiger partial charge >= 0.3 is 0 Å². The van der Waals surface area contributed by atoms with Gasteiger partial charge in [0.15, 0.2) is 5.66 Å². The lowest BCUT2D eigenvalue weighted by molar-refractivity contribution is -0.124. The summed E-state index contributed by atoms with van der Waals surface area (Å²) in [4.78, 5) is 63.3. The second-order valence-electron chi connectivity index (χ2n) is 11.0. The summed E-state index contributed by atoms with van der Waals surface area (Å²) in [6.07, 6.45) is 4.32. The van der Waals surface area contributed by atoms with E-state index < -0.39 is 46.6 Å². The standard InChI is InChI=1S/C37H32FN5O4/c38-29-18-16-27(17-19-29)33(44)37(39,31(22-25-10-3-1-4-11-25)30-15-7-8-21-41-35(30)46)43-36(47)32(23-26-12-5-2-6-13-26)42-34(45)28-14-9-20-40-24-28/h1-21,24,31-32H,22-23,39H2,(H,42,45)(H,43,47). The van der Waals surface area contributed by atoms with Crippen LogP contribution in [0.15, 0.2) is 139 Å². The molecule has 0 saturated heterocycles. The molecule has 0 aliphatic heterocycles. The molecule has 9 nitrogen and oxygen atoms in total. The highest BCUT2D eigenvalue weighted by Crippen LogP contribution is 2.30. The van der Waals surface area contributed by atoms with Crippen LogP contribution >= 0.6 is 0 Å². The third-order valence-corrected chi connectivity index (χ3v) is 7.76. The van der Waals surface area contributed by atoms with Crippen molar-refractivity contribution in [2.24, 2.45) is 5.73 Å². The van der Waals surface area contributed by atoms with Crippen LogP contribution in [0.25, 0.3) is 0 Å². The number of nitrogens with two attached hydrogens (primary N) is 1. The molecule has 3 atom stereocenters. The average Bonchev–Trinajstić information content (AvgIpc) is 3.31. The topological polar surface area (TPSA) is 144 Å². The van der Waals surface area contributed by atoms with E-state index in [1.54, 1.807) is 60.7 Å². The minimum absolute atomic E-state index is 0.00646. The fourth-order valence-corrected chi connectivity index (χ4v) is 5.33. The van der Waals surface area contributed by atoms with Crippen molar-refractivity contribution in [1.29, 1.82) is 0 Å². The van der Waals surface area contributed by atoms with Gasteiger partial charge < -0.3 is 16.4 Å². The van der Waals surface area contributed by atoms with Gasteiger partial charge in [0.25, 0.3) is 11.5 Å². The molecule has 5 rings (SSSR count). The van der Waals surface area contributed by atoms with Crippen molar-refractivity contribution >= 4 is 17.6 Å². The van der Waals surface area contributed by atoms with Crippen molar-refractivity contribution in [3.63, 3.8) is 0 Å². The molecular formula is C37H32FN5O4. The molecule has 3 aromatic carbocycles. The Bertz CT molecular complexity index is 1890. The van der Waals surface area contributed by atoms with Gasteiger partial charge in [-0.2, -0.15) is 0 Å². The number of hydrogen-bond acceptors (Lipinski definition) is 7. The largest absolute Gasteiger partial charge is 0.340 e. The molecule has 0 fully saturated rings.